The number of piperidine rings is 2. The number of rotatable bonds is 1. The van der Waals surface area contributed by atoms with Crippen LogP contribution in [0.3, 0.4) is 0 Å². The molecule has 0 spiro atoms. The molecule has 1 amide bonds. The standard InChI is InChI=1S/C13H23N3O/c14-10-4-3-8-16(13(10)17)12-6-9-15-7-2-1-5-11(12)15/h10-12H,1-9,14H2. The van der Waals surface area contributed by atoms with Crippen LogP contribution in [-0.2, 0) is 4.79 Å². The van der Waals surface area contributed by atoms with E-state index < -0.39 is 0 Å². The number of nitrogens with two attached hydrogens (primary N) is 1. The lowest BCUT2D eigenvalue weighted by Crippen LogP contribution is -2.56. The van der Waals surface area contributed by atoms with Crippen molar-refractivity contribution in [2.75, 3.05) is 19.6 Å². The highest BCUT2D eigenvalue weighted by molar-refractivity contribution is 5.82. The van der Waals surface area contributed by atoms with Crippen LogP contribution in [0.5, 0.6) is 0 Å². The molecule has 3 aliphatic heterocycles. The lowest BCUT2D eigenvalue weighted by molar-refractivity contribution is -0.138. The molecule has 0 radical (unpaired) electrons. The predicted molar refractivity (Wildman–Crippen MR) is 66.5 cm³/mol. The van der Waals surface area contributed by atoms with Crippen LogP contribution in [0.4, 0.5) is 0 Å². The summed E-state index contributed by atoms with van der Waals surface area (Å²) < 4.78 is 0. The van der Waals surface area contributed by atoms with Gasteiger partial charge in [-0.05, 0) is 38.6 Å². The van der Waals surface area contributed by atoms with Gasteiger partial charge in [-0.2, -0.15) is 0 Å². The fourth-order valence-corrected chi connectivity index (χ4v) is 3.84. The van der Waals surface area contributed by atoms with Gasteiger partial charge in [0, 0.05) is 25.2 Å². The number of likely N-dealkylation sites (tertiary alicyclic amines) is 1. The first-order chi connectivity index (χ1) is 8.27. The van der Waals surface area contributed by atoms with E-state index >= 15 is 0 Å². The van der Waals surface area contributed by atoms with Gasteiger partial charge < -0.3 is 10.6 Å². The maximum Gasteiger partial charge on any atom is 0.239 e. The Balaban J connectivity index is 1.73. The third kappa shape index (κ3) is 1.97. The van der Waals surface area contributed by atoms with Gasteiger partial charge in [0.25, 0.3) is 0 Å². The Morgan fingerprint density at radius 2 is 1.82 bits per heavy atom. The molecule has 2 N–H and O–H groups in total. The van der Waals surface area contributed by atoms with Gasteiger partial charge in [0.15, 0.2) is 0 Å². The molecule has 17 heavy (non-hydrogen) atoms. The monoisotopic (exact) mass is 237 g/mol. The van der Waals surface area contributed by atoms with Crippen molar-refractivity contribution in [1.29, 1.82) is 0 Å². The molecule has 3 saturated heterocycles. The van der Waals surface area contributed by atoms with Crippen LogP contribution < -0.4 is 5.73 Å². The number of fused-ring (bicyclic) bond motifs is 1. The second kappa shape index (κ2) is 4.58. The normalized spacial score (nSPS) is 39.5. The first-order valence-electron chi connectivity index (χ1n) is 7.07. The molecule has 3 aliphatic rings. The zero-order valence-corrected chi connectivity index (χ0v) is 10.5. The highest BCUT2D eigenvalue weighted by Crippen LogP contribution is 2.31. The van der Waals surface area contributed by atoms with Gasteiger partial charge in [-0.1, -0.05) is 6.42 Å². The molecular formula is C13H23N3O. The zero-order valence-electron chi connectivity index (χ0n) is 10.5. The molecule has 3 unspecified atom stereocenters. The molecule has 96 valence electrons. The summed E-state index contributed by atoms with van der Waals surface area (Å²) in [4.78, 5) is 16.9. The Kier molecular flexibility index (Phi) is 3.09. The smallest absolute Gasteiger partial charge is 0.239 e. The molecule has 3 heterocycles. The minimum Gasteiger partial charge on any atom is -0.337 e. The van der Waals surface area contributed by atoms with Gasteiger partial charge in [-0.15, -0.1) is 0 Å². The minimum absolute atomic E-state index is 0.202. The van der Waals surface area contributed by atoms with Crippen molar-refractivity contribution in [3.05, 3.63) is 0 Å². The zero-order chi connectivity index (χ0) is 11.8. The number of carbonyl (C=O) groups is 1. The second-order valence-corrected chi connectivity index (χ2v) is 5.74. The van der Waals surface area contributed by atoms with Crippen LogP contribution in [0.25, 0.3) is 0 Å². The molecule has 3 atom stereocenters. The molecule has 0 bridgehead atoms. The van der Waals surface area contributed by atoms with Crippen LogP contribution in [0.1, 0.15) is 38.5 Å². The molecule has 4 heteroatoms. The Morgan fingerprint density at radius 1 is 0.941 bits per heavy atom. The van der Waals surface area contributed by atoms with Gasteiger partial charge in [0.2, 0.25) is 5.91 Å². The van der Waals surface area contributed by atoms with E-state index in [-0.39, 0.29) is 11.9 Å². The molecule has 4 nitrogen and oxygen atoms in total. The molecule has 3 fully saturated rings. The maximum absolute atomic E-state index is 12.2. The largest absolute Gasteiger partial charge is 0.337 e. The Morgan fingerprint density at radius 3 is 2.71 bits per heavy atom. The summed E-state index contributed by atoms with van der Waals surface area (Å²) in [5, 5.41) is 0. The van der Waals surface area contributed by atoms with E-state index in [4.69, 9.17) is 5.73 Å². The van der Waals surface area contributed by atoms with Crippen molar-refractivity contribution < 1.29 is 4.79 Å². The van der Waals surface area contributed by atoms with Crippen molar-refractivity contribution >= 4 is 5.91 Å². The van der Waals surface area contributed by atoms with E-state index in [9.17, 15) is 4.79 Å². The number of amides is 1. The summed E-state index contributed by atoms with van der Waals surface area (Å²) in [6.45, 7) is 3.34. The molecule has 0 aromatic carbocycles. The van der Waals surface area contributed by atoms with Gasteiger partial charge in [0.1, 0.15) is 0 Å². The summed E-state index contributed by atoms with van der Waals surface area (Å²) in [7, 11) is 0. The number of hydrogen-bond acceptors (Lipinski definition) is 3. The number of carbonyl (C=O) groups excluding carboxylic acids is 1. The summed E-state index contributed by atoms with van der Waals surface area (Å²) in [5.74, 6) is 0.202. The van der Waals surface area contributed by atoms with Gasteiger partial charge >= 0.3 is 0 Å². The molecule has 0 saturated carbocycles. The average molecular weight is 237 g/mol. The Hall–Kier alpha value is -0.610. The molecule has 0 aliphatic carbocycles. The fourth-order valence-electron chi connectivity index (χ4n) is 3.84. The van der Waals surface area contributed by atoms with Crippen LogP contribution in [-0.4, -0.2) is 53.5 Å². The summed E-state index contributed by atoms with van der Waals surface area (Å²) in [6, 6.07) is 0.841. The second-order valence-electron chi connectivity index (χ2n) is 5.74. The van der Waals surface area contributed by atoms with Crippen LogP contribution in [0.2, 0.25) is 0 Å². The van der Waals surface area contributed by atoms with E-state index in [0.717, 1.165) is 25.8 Å². The van der Waals surface area contributed by atoms with E-state index in [2.05, 4.69) is 9.80 Å². The first-order valence-corrected chi connectivity index (χ1v) is 7.07. The minimum atomic E-state index is -0.235. The Labute approximate surface area is 103 Å². The van der Waals surface area contributed by atoms with Crippen molar-refractivity contribution in [2.45, 2.75) is 56.7 Å². The molecular weight excluding hydrogens is 214 g/mol. The quantitative estimate of drug-likeness (QED) is 0.725. The molecule has 3 rings (SSSR count). The van der Waals surface area contributed by atoms with Crippen molar-refractivity contribution in [3.63, 3.8) is 0 Å². The summed E-state index contributed by atoms with van der Waals surface area (Å²) in [5.41, 5.74) is 5.90. The van der Waals surface area contributed by atoms with Gasteiger partial charge in [0.05, 0.1) is 6.04 Å². The van der Waals surface area contributed by atoms with Gasteiger partial charge in [-0.25, -0.2) is 0 Å². The topological polar surface area (TPSA) is 49.6 Å². The average Bonchev–Trinajstić information content (AvgIpc) is 2.77. The third-order valence-electron chi connectivity index (χ3n) is 4.74. The lowest BCUT2D eigenvalue weighted by Gasteiger charge is -2.40. The van der Waals surface area contributed by atoms with Crippen LogP contribution >= 0.6 is 0 Å². The Bertz CT molecular complexity index is 307. The van der Waals surface area contributed by atoms with E-state index in [1.54, 1.807) is 0 Å². The molecule has 0 aromatic heterocycles. The SMILES string of the molecule is NC1CCCN(C2CCN3CCCCC23)C1=O. The highest BCUT2D eigenvalue weighted by Gasteiger charge is 2.42. The fraction of sp³-hybridized carbons (Fsp3) is 0.923. The number of hydrogen-bond donors (Lipinski definition) is 1. The van der Waals surface area contributed by atoms with Gasteiger partial charge in [-0.3, -0.25) is 9.69 Å². The summed E-state index contributed by atoms with van der Waals surface area (Å²) in [6.07, 6.45) is 7.03. The van der Waals surface area contributed by atoms with E-state index in [1.807, 2.05) is 0 Å². The van der Waals surface area contributed by atoms with Crippen molar-refractivity contribution in [2.24, 2.45) is 5.73 Å². The van der Waals surface area contributed by atoms with Crippen molar-refractivity contribution in [1.82, 2.24) is 9.80 Å². The van der Waals surface area contributed by atoms with Crippen LogP contribution in [0, 0.1) is 0 Å². The first kappa shape index (κ1) is 11.5. The number of nitrogens with zero attached hydrogens (tertiary/aromatic N) is 2. The molecule has 0 aromatic rings. The van der Waals surface area contributed by atoms with E-state index in [0.29, 0.717) is 12.1 Å². The highest BCUT2D eigenvalue weighted by atomic mass is 16.2. The van der Waals surface area contributed by atoms with Crippen molar-refractivity contribution in [3.8, 4) is 0 Å². The summed E-state index contributed by atoms with van der Waals surface area (Å²) >= 11 is 0. The van der Waals surface area contributed by atoms with Crippen LogP contribution in [0.15, 0.2) is 0 Å². The van der Waals surface area contributed by atoms with E-state index in [1.165, 1.54) is 32.4 Å². The third-order valence-corrected chi connectivity index (χ3v) is 4.74. The lowest BCUT2D eigenvalue weighted by atomic mass is 9.95. The predicted octanol–water partition coefficient (Wildman–Crippen LogP) is 0.563. The maximum atomic E-state index is 12.2.